The van der Waals surface area contributed by atoms with Gasteiger partial charge in [0.1, 0.15) is 0 Å². The first-order valence-electron chi connectivity index (χ1n) is 3.56. The Hall–Kier alpha value is -0.870. The van der Waals surface area contributed by atoms with Crippen LogP contribution in [-0.2, 0) is 17.9 Å². The minimum Gasteiger partial charge on any atom is -0.378 e. The average molecular weight is 155 g/mol. The molecule has 4 heteroatoms. The maximum atomic E-state index is 5.40. The molecule has 0 fully saturated rings. The van der Waals surface area contributed by atoms with Crippen LogP contribution in [0.3, 0.4) is 0 Å². The smallest absolute Gasteiger partial charge is 0.0949 e. The van der Waals surface area contributed by atoms with Crippen LogP contribution in [0.5, 0.6) is 0 Å². The van der Waals surface area contributed by atoms with E-state index in [4.69, 9.17) is 10.5 Å². The first-order valence-corrected chi connectivity index (χ1v) is 3.56. The fourth-order valence-corrected chi connectivity index (χ4v) is 0.957. The zero-order valence-corrected chi connectivity index (χ0v) is 6.66. The molecule has 0 radical (unpaired) electrons. The predicted octanol–water partition coefficient (Wildman–Crippen LogP) is -0.0118. The van der Waals surface area contributed by atoms with Gasteiger partial charge in [0.2, 0.25) is 0 Å². The van der Waals surface area contributed by atoms with Crippen molar-refractivity contribution in [2.45, 2.75) is 13.2 Å². The van der Waals surface area contributed by atoms with E-state index in [0.29, 0.717) is 13.2 Å². The highest BCUT2D eigenvalue weighted by atomic mass is 16.5. The molecular formula is C7H13N3O. The molecular weight excluding hydrogens is 142 g/mol. The van der Waals surface area contributed by atoms with Gasteiger partial charge < -0.3 is 15.0 Å². The molecule has 11 heavy (non-hydrogen) atoms. The van der Waals surface area contributed by atoms with Gasteiger partial charge in [0.05, 0.1) is 24.8 Å². The summed E-state index contributed by atoms with van der Waals surface area (Å²) in [4.78, 5) is 3.99. The van der Waals surface area contributed by atoms with E-state index in [2.05, 4.69) is 4.98 Å². The molecule has 0 saturated carbocycles. The summed E-state index contributed by atoms with van der Waals surface area (Å²) in [5.41, 5.74) is 6.46. The number of nitrogens with two attached hydrogens (primary N) is 1. The quantitative estimate of drug-likeness (QED) is 0.665. The van der Waals surface area contributed by atoms with E-state index in [1.54, 1.807) is 19.6 Å². The van der Waals surface area contributed by atoms with Crippen molar-refractivity contribution in [1.29, 1.82) is 0 Å². The molecule has 1 heterocycles. The van der Waals surface area contributed by atoms with E-state index in [1.165, 1.54) is 0 Å². The average Bonchev–Trinajstić information content (AvgIpc) is 2.39. The number of hydrogen-bond acceptors (Lipinski definition) is 3. The molecule has 0 saturated heterocycles. The van der Waals surface area contributed by atoms with E-state index >= 15 is 0 Å². The second-order valence-electron chi connectivity index (χ2n) is 2.30. The van der Waals surface area contributed by atoms with Gasteiger partial charge in [0.25, 0.3) is 0 Å². The normalized spacial score (nSPS) is 10.4. The monoisotopic (exact) mass is 155 g/mol. The minimum absolute atomic E-state index is 0.597. The van der Waals surface area contributed by atoms with Crippen molar-refractivity contribution in [3.63, 3.8) is 0 Å². The van der Waals surface area contributed by atoms with Gasteiger partial charge in [-0.2, -0.15) is 0 Å². The van der Waals surface area contributed by atoms with Crippen molar-refractivity contribution >= 4 is 0 Å². The Kier molecular flexibility index (Phi) is 3.07. The lowest BCUT2D eigenvalue weighted by Gasteiger charge is -2.04. The van der Waals surface area contributed by atoms with Crippen molar-refractivity contribution in [1.82, 2.24) is 9.55 Å². The molecule has 4 nitrogen and oxygen atoms in total. The van der Waals surface area contributed by atoms with Crippen LogP contribution in [0, 0.1) is 0 Å². The molecule has 1 aromatic heterocycles. The number of hydrogen-bond donors (Lipinski definition) is 1. The summed E-state index contributed by atoms with van der Waals surface area (Å²) < 4.78 is 6.96. The molecule has 0 aliphatic heterocycles. The van der Waals surface area contributed by atoms with Gasteiger partial charge in [0.15, 0.2) is 0 Å². The standard InChI is InChI=1S/C7H13N3O/c1-11-5-7-4-9-6-10(7)3-2-8/h4,6H,2-3,5,8H2,1H3. The summed E-state index contributed by atoms with van der Waals surface area (Å²) in [5, 5.41) is 0. The summed E-state index contributed by atoms with van der Waals surface area (Å²) in [6.45, 7) is 2.03. The Bertz CT molecular complexity index is 189. The molecule has 0 amide bonds. The summed E-state index contributed by atoms with van der Waals surface area (Å²) in [6.07, 6.45) is 3.56. The van der Waals surface area contributed by atoms with E-state index < -0.39 is 0 Å². The molecule has 2 N–H and O–H groups in total. The topological polar surface area (TPSA) is 53.1 Å². The number of rotatable bonds is 4. The summed E-state index contributed by atoms with van der Waals surface area (Å²) in [7, 11) is 1.67. The van der Waals surface area contributed by atoms with Crippen LogP contribution < -0.4 is 5.73 Å². The fraction of sp³-hybridized carbons (Fsp3) is 0.571. The van der Waals surface area contributed by atoms with Gasteiger partial charge in [-0.1, -0.05) is 0 Å². The summed E-state index contributed by atoms with van der Waals surface area (Å²) in [5.74, 6) is 0. The van der Waals surface area contributed by atoms with Crippen LogP contribution in [0.1, 0.15) is 5.69 Å². The second-order valence-corrected chi connectivity index (χ2v) is 2.30. The van der Waals surface area contributed by atoms with Crippen molar-refractivity contribution < 1.29 is 4.74 Å². The van der Waals surface area contributed by atoms with E-state index in [1.807, 2.05) is 4.57 Å². The molecule has 0 aliphatic rings. The fourth-order valence-electron chi connectivity index (χ4n) is 0.957. The van der Waals surface area contributed by atoms with E-state index in [-0.39, 0.29) is 0 Å². The molecule has 0 aromatic carbocycles. The van der Waals surface area contributed by atoms with Gasteiger partial charge in [0, 0.05) is 20.2 Å². The van der Waals surface area contributed by atoms with Gasteiger partial charge in [-0.05, 0) is 0 Å². The summed E-state index contributed by atoms with van der Waals surface area (Å²) in [6, 6.07) is 0. The van der Waals surface area contributed by atoms with Crippen LogP contribution in [0.25, 0.3) is 0 Å². The molecule has 1 aromatic rings. The van der Waals surface area contributed by atoms with E-state index in [9.17, 15) is 0 Å². The van der Waals surface area contributed by atoms with Crippen molar-refractivity contribution in [2.24, 2.45) is 5.73 Å². The molecule has 0 bridgehead atoms. The predicted molar refractivity (Wildman–Crippen MR) is 42.0 cm³/mol. The first-order chi connectivity index (χ1) is 5.38. The number of aromatic nitrogens is 2. The second kappa shape index (κ2) is 4.10. The van der Waals surface area contributed by atoms with Gasteiger partial charge in [-0.25, -0.2) is 4.98 Å². The lowest BCUT2D eigenvalue weighted by molar-refractivity contribution is 0.178. The zero-order chi connectivity index (χ0) is 8.10. The molecule has 0 atom stereocenters. The maximum Gasteiger partial charge on any atom is 0.0949 e. The number of nitrogens with zero attached hydrogens (tertiary/aromatic N) is 2. The largest absolute Gasteiger partial charge is 0.378 e. The molecule has 0 spiro atoms. The van der Waals surface area contributed by atoms with Gasteiger partial charge in [-0.15, -0.1) is 0 Å². The van der Waals surface area contributed by atoms with Crippen molar-refractivity contribution in [2.75, 3.05) is 13.7 Å². The van der Waals surface area contributed by atoms with Crippen LogP contribution in [0.15, 0.2) is 12.5 Å². The lowest BCUT2D eigenvalue weighted by Crippen LogP contribution is -2.11. The Labute approximate surface area is 66.0 Å². The highest BCUT2D eigenvalue weighted by molar-refractivity contribution is 4.96. The molecule has 0 aliphatic carbocycles. The third-order valence-corrected chi connectivity index (χ3v) is 1.46. The van der Waals surface area contributed by atoms with Crippen LogP contribution in [-0.4, -0.2) is 23.2 Å². The van der Waals surface area contributed by atoms with Crippen LogP contribution in [0.2, 0.25) is 0 Å². The molecule has 1 rings (SSSR count). The van der Waals surface area contributed by atoms with Gasteiger partial charge >= 0.3 is 0 Å². The third-order valence-electron chi connectivity index (χ3n) is 1.46. The SMILES string of the molecule is COCc1cncn1CCN. The highest BCUT2D eigenvalue weighted by Gasteiger charge is 1.98. The number of ether oxygens (including phenoxy) is 1. The van der Waals surface area contributed by atoms with Crippen molar-refractivity contribution in [3.8, 4) is 0 Å². The molecule has 62 valence electrons. The lowest BCUT2D eigenvalue weighted by atomic mass is 10.5. The zero-order valence-electron chi connectivity index (χ0n) is 6.66. The Morgan fingerprint density at radius 1 is 1.73 bits per heavy atom. The number of methoxy groups -OCH3 is 1. The molecule has 0 unspecified atom stereocenters. The van der Waals surface area contributed by atoms with Crippen LogP contribution >= 0.6 is 0 Å². The maximum absolute atomic E-state index is 5.40. The Morgan fingerprint density at radius 3 is 3.18 bits per heavy atom. The van der Waals surface area contributed by atoms with Gasteiger partial charge in [-0.3, -0.25) is 0 Å². The third kappa shape index (κ3) is 2.03. The van der Waals surface area contributed by atoms with Crippen LogP contribution in [0.4, 0.5) is 0 Å². The Balaban J connectivity index is 2.62. The highest BCUT2D eigenvalue weighted by Crippen LogP contribution is 1.99. The van der Waals surface area contributed by atoms with Crippen molar-refractivity contribution in [3.05, 3.63) is 18.2 Å². The minimum atomic E-state index is 0.597. The van der Waals surface area contributed by atoms with E-state index in [0.717, 1.165) is 12.2 Å². The Morgan fingerprint density at radius 2 is 2.55 bits per heavy atom. The number of imidazole rings is 1. The first kappa shape index (κ1) is 8.23. The summed E-state index contributed by atoms with van der Waals surface area (Å²) >= 11 is 0.